The Morgan fingerprint density at radius 1 is 0.968 bits per heavy atom. The Kier molecular flexibility index (Phi) is 6.26. The van der Waals surface area contributed by atoms with E-state index in [2.05, 4.69) is 46.3 Å². The SMILES string of the molecule is COc1cc(OC)cc(N(CC2CC2)c2ccc3ncc(C/C=C\N(C)C)nc3c2)c1. The molecule has 1 aromatic heterocycles. The summed E-state index contributed by atoms with van der Waals surface area (Å²) >= 11 is 0. The maximum atomic E-state index is 5.51. The van der Waals surface area contributed by atoms with E-state index in [1.807, 2.05) is 37.5 Å². The Morgan fingerprint density at radius 2 is 1.71 bits per heavy atom. The van der Waals surface area contributed by atoms with Gasteiger partial charge in [-0.15, -0.1) is 0 Å². The van der Waals surface area contributed by atoms with Crippen molar-refractivity contribution in [3.63, 3.8) is 0 Å². The molecule has 1 saturated carbocycles. The maximum Gasteiger partial charge on any atom is 0.124 e. The van der Waals surface area contributed by atoms with E-state index in [-0.39, 0.29) is 0 Å². The lowest BCUT2D eigenvalue weighted by atomic mass is 10.1. The number of ether oxygens (including phenoxy) is 2. The first-order chi connectivity index (χ1) is 15.1. The molecule has 1 fully saturated rings. The van der Waals surface area contributed by atoms with E-state index in [0.717, 1.165) is 52.6 Å². The summed E-state index contributed by atoms with van der Waals surface area (Å²) in [6.07, 6.45) is 9.29. The van der Waals surface area contributed by atoms with E-state index in [4.69, 9.17) is 14.5 Å². The Bertz CT molecular complexity index is 1050. The molecule has 0 radical (unpaired) electrons. The van der Waals surface area contributed by atoms with E-state index in [1.165, 1.54) is 12.8 Å². The van der Waals surface area contributed by atoms with Gasteiger partial charge in [0.25, 0.3) is 0 Å². The molecular weight excluding hydrogens is 388 g/mol. The number of nitrogens with zero attached hydrogens (tertiary/aromatic N) is 4. The fourth-order valence-electron chi connectivity index (χ4n) is 3.56. The average Bonchev–Trinajstić information content (AvgIpc) is 3.60. The van der Waals surface area contributed by atoms with Crippen molar-refractivity contribution < 1.29 is 9.47 Å². The van der Waals surface area contributed by atoms with Crippen molar-refractivity contribution in [2.45, 2.75) is 19.3 Å². The predicted octanol–water partition coefficient (Wildman–Crippen LogP) is 4.81. The molecule has 1 aliphatic rings. The first-order valence-corrected chi connectivity index (χ1v) is 10.6. The number of hydrogen-bond donors (Lipinski definition) is 0. The topological polar surface area (TPSA) is 50.7 Å². The lowest BCUT2D eigenvalue weighted by molar-refractivity contribution is 0.394. The average molecular weight is 419 g/mol. The minimum atomic E-state index is 0.710. The monoisotopic (exact) mass is 418 g/mol. The predicted molar refractivity (Wildman–Crippen MR) is 125 cm³/mol. The zero-order chi connectivity index (χ0) is 21.8. The van der Waals surface area contributed by atoms with Crippen molar-refractivity contribution in [3.8, 4) is 11.5 Å². The molecule has 0 bridgehead atoms. The number of anilines is 2. The van der Waals surface area contributed by atoms with Crippen LogP contribution in [0.5, 0.6) is 11.5 Å². The molecule has 0 atom stereocenters. The molecule has 0 saturated heterocycles. The highest BCUT2D eigenvalue weighted by Gasteiger charge is 2.26. The van der Waals surface area contributed by atoms with Crippen molar-refractivity contribution in [2.24, 2.45) is 5.92 Å². The van der Waals surface area contributed by atoms with Crippen LogP contribution in [0.25, 0.3) is 11.0 Å². The molecule has 6 heteroatoms. The third-order valence-electron chi connectivity index (χ3n) is 5.40. The fourth-order valence-corrected chi connectivity index (χ4v) is 3.56. The van der Waals surface area contributed by atoms with E-state index >= 15 is 0 Å². The molecule has 0 spiro atoms. The van der Waals surface area contributed by atoms with Gasteiger partial charge in [-0.05, 0) is 43.2 Å². The lowest BCUT2D eigenvalue weighted by Crippen LogP contribution is -2.20. The van der Waals surface area contributed by atoms with Crippen LogP contribution in [0.15, 0.2) is 54.9 Å². The fraction of sp³-hybridized carbons (Fsp3) is 0.360. The summed E-state index contributed by atoms with van der Waals surface area (Å²) in [7, 11) is 7.39. The van der Waals surface area contributed by atoms with Gasteiger partial charge < -0.3 is 19.3 Å². The van der Waals surface area contributed by atoms with E-state index < -0.39 is 0 Å². The van der Waals surface area contributed by atoms with Crippen LogP contribution < -0.4 is 14.4 Å². The molecule has 0 N–H and O–H groups in total. The van der Waals surface area contributed by atoms with Crippen LogP contribution in [0.1, 0.15) is 18.5 Å². The molecule has 0 aliphatic heterocycles. The maximum absolute atomic E-state index is 5.51. The van der Waals surface area contributed by atoms with E-state index in [0.29, 0.717) is 5.92 Å². The second kappa shape index (κ2) is 9.25. The first kappa shape index (κ1) is 21.0. The zero-order valence-electron chi connectivity index (χ0n) is 18.7. The van der Waals surface area contributed by atoms with Crippen molar-refractivity contribution in [3.05, 3.63) is 60.6 Å². The van der Waals surface area contributed by atoms with Crippen LogP contribution in [0.3, 0.4) is 0 Å². The van der Waals surface area contributed by atoms with Gasteiger partial charge in [0.1, 0.15) is 11.5 Å². The molecule has 4 rings (SSSR count). The standard InChI is InChI=1S/C25H30N4O2/c1-28(2)11-5-6-19-16-26-24-10-9-20(14-25(24)27-19)29(17-18-7-8-18)21-12-22(30-3)15-23(13-21)31-4/h5,9-16,18H,6-8,17H2,1-4H3/b11-5-. The van der Waals surface area contributed by atoms with Crippen LogP contribution in [-0.2, 0) is 6.42 Å². The Labute approximate surface area is 184 Å². The molecule has 3 aromatic rings. The van der Waals surface area contributed by atoms with Gasteiger partial charge >= 0.3 is 0 Å². The van der Waals surface area contributed by atoms with Crippen LogP contribution in [0, 0.1) is 5.92 Å². The van der Waals surface area contributed by atoms with Gasteiger partial charge in [-0.1, -0.05) is 6.08 Å². The first-order valence-electron chi connectivity index (χ1n) is 10.6. The van der Waals surface area contributed by atoms with Crippen LogP contribution in [0.4, 0.5) is 11.4 Å². The van der Waals surface area contributed by atoms with E-state index in [1.54, 1.807) is 14.2 Å². The highest BCUT2D eigenvalue weighted by molar-refractivity contribution is 5.81. The summed E-state index contributed by atoms with van der Waals surface area (Å²) in [5, 5.41) is 0. The number of fused-ring (bicyclic) bond motifs is 1. The summed E-state index contributed by atoms with van der Waals surface area (Å²) in [6.45, 7) is 0.959. The molecule has 162 valence electrons. The summed E-state index contributed by atoms with van der Waals surface area (Å²) in [4.78, 5) is 13.8. The highest BCUT2D eigenvalue weighted by atomic mass is 16.5. The number of rotatable bonds is 9. The summed E-state index contributed by atoms with van der Waals surface area (Å²) < 4.78 is 11.0. The van der Waals surface area contributed by atoms with Gasteiger partial charge in [0.15, 0.2) is 0 Å². The summed E-state index contributed by atoms with van der Waals surface area (Å²) in [5.41, 5.74) is 4.92. The largest absolute Gasteiger partial charge is 0.497 e. The van der Waals surface area contributed by atoms with Crippen LogP contribution in [-0.4, -0.2) is 49.7 Å². The van der Waals surface area contributed by atoms with Crippen molar-refractivity contribution in [1.29, 1.82) is 0 Å². The molecular formula is C25H30N4O2. The van der Waals surface area contributed by atoms with Gasteiger partial charge in [-0.25, -0.2) is 4.98 Å². The minimum absolute atomic E-state index is 0.710. The number of aromatic nitrogens is 2. The summed E-state index contributed by atoms with van der Waals surface area (Å²) in [5.74, 6) is 2.28. The van der Waals surface area contributed by atoms with Crippen molar-refractivity contribution >= 4 is 22.4 Å². The number of benzene rings is 2. The smallest absolute Gasteiger partial charge is 0.124 e. The molecule has 0 unspecified atom stereocenters. The second-order valence-corrected chi connectivity index (χ2v) is 8.21. The highest BCUT2D eigenvalue weighted by Crippen LogP contribution is 2.38. The van der Waals surface area contributed by atoms with Crippen molar-refractivity contribution in [2.75, 3.05) is 39.8 Å². The van der Waals surface area contributed by atoms with Gasteiger partial charge in [0.05, 0.1) is 30.9 Å². The molecule has 1 heterocycles. The van der Waals surface area contributed by atoms with Crippen LogP contribution >= 0.6 is 0 Å². The molecule has 1 aliphatic carbocycles. The lowest BCUT2D eigenvalue weighted by Gasteiger charge is -2.26. The minimum Gasteiger partial charge on any atom is -0.497 e. The molecule has 0 amide bonds. The third kappa shape index (κ3) is 5.26. The molecule has 31 heavy (non-hydrogen) atoms. The van der Waals surface area contributed by atoms with Gasteiger partial charge in [0, 0.05) is 62.8 Å². The summed E-state index contributed by atoms with van der Waals surface area (Å²) in [6, 6.07) is 12.3. The van der Waals surface area contributed by atoms with Crippen LogP contribution in [0.2, 0.25) is 0 Å². The normalized spacial score (nSPS) is 13.5. The molecule has 6 nitrogen and oxygen atoms in total. The van der Waals surface area contributed by atoms with Crippen molar-refractivity contribution in [1.82, 2.24) is 14.9 Å². The second-order valence-electron chi connectivity index (χ2n) is 8.21. The number of allylic oxidation sites excluding steroid dienone is 1. The van der Waals surface area contributed by atoms with E-state index in [9.17, 15) is 0 Å². The molecule has 2 aromatic carbocycles. The number of hydrogen-bond acceptors (Lipinski definition) is 6. The Balaban J connectivity index is 1.70. The quantitative estimate of drug-likeness (QED) is 0.497. The van der Waals surface area contributed by atoms with Gasteiger partial charge in [-0.2, -0.15) is 0 Å². The Hall–Kier alpha value is -3.28. The number of methoxy groups -OCH3 is 2. The van der Waals surface area contributed by atoms with Gasteiger partial charge in [0.2, 0.25) is 0 Å². The third-order valence-corrected chi connectivity index (χ3v) is 5.40. The van der Waals surface area contributed by atoms with Gasteiger partial charge in [-0.3, -0.25) is 4.98 Å². The zero-order valence-corrected chi connectivity index (χ0v) is 18.7. The Morgan fingerprint density at radius 3 is 2.35 bits per heavy atom.